The van der Waals surface area contributed by atoms with Crippen LogP contribution in [-0.2, 0) is 5.41 Å². The molecule has 10 aromatic carbocycles. The smallest absolute Gasteiger partial charge is 0.0436 e. The van der Waals surface area contributed by atoms with E-state index in [1.54, 1.807) is 0 Å². The molecule has 0 saturated heterocycles. The van der Waals surface area contributed by atoms with Crippen molar-refractivity contribution in [3.63, 3.8) is 0 Å². The number of benzene rings is 10. The van der Waals surface area contributed by atoms with Gasteiger partial charge in [0.05, 0.1) is 0 Å². The minimum atomic E-state index is -0.400. The van der Waals surface area contributed by atoms with E-state index in [0.29, 0.717) is 0 Å². The molecule has 0 aliphatic heterocycles. The first kappa shape index (κ1) is 37.7. The van der Waals surface area contributed by atoms with E-state index in [0.717, 1.165) is 8.95 Å². The summed E-state index contributed by atoms with van der Waals surface area (Å²) in [6, 6.07) is 62.7. The average Bonchev–Trinajstić information content (AvgIpc) is 3.71. The Bertz CT molecular complexity index is 3510. The molecule has 0 fully saturated rings. The highest BCUT2D eigenvalue weighted by molar-refractivity contribution is 9.10. The van der Waals surface area contributed by atoms with Gasteiger partial charge in [-0.05, 0) is 187 Å². The maximum absolute atomic E-state index is 3.87. The second-order valence-corrected chi connectivity index (χ2v) is 19.8. The molecule has 0 amide bonds. The van der Waals surface area contributed by atoms with Crippen molar-refractivity contribution >= 4 is 64.2 Å². The zero-order valence-electron chi connectivity index (χ0n) is 35.3. The van der Waals surface area contributed by atoms with Gasteiger partial charge in [0.2, 0.25) is 0 Å². The molecular formula is C60H42Br2. The van der Waals surface area contributed by atoms with Gasteiger partial charge in [0.15, 0.2) is 0 Å². The van der Waals surface area contributed by atoms with Crippen molar-refractivity contribution in [3.05, 3.63) is 212 Å². The molecule has 2 aliphatic rings. The van der Waals surface area contributed by atoms with Crippen molar-refractivity contribution in [1.82, 2.24) is 0 Å². The fourth-order valence-corrected chi connectivity index (χ4v) is 12.1. The van der Waals surface area contributed by atoms with E-state index in [1.807, 2.05) is 0 Å². The minimum Gasteiger partial charge on any atom is -0.0616 e. The molecule has 12 rings (SSSR count). The van der Waals surface area contributed by atoms with Crippen LogP contribution in [0.15, 0.2) is 173 Å². The quantitative estimate of drug-likeness (QED) is 0.165. The predicted molar refractivity (Wildman–Crippen MR) is 271 cm³/mol. The number of aryl methyl sites for hydroxylation is 4. The van der Waals surface area contributed by atoms with Crippen molar-refractivity contribution in [2.75, 3.05) is 0 Å². The van der Waals surface area contributed by atoms with Crippen LogP contribution in [0.3, 0.4) is 0 Å². The Labute approximate surface area is 380 Å². The Hall–Kier alpha value is -6.06. The molecule has 0 saturated carbocycles. The lowest BCUT2D eigenvalue weighted by atomic mass is 9.72. The van der Waals surface area contributed by atoms with Crippen molar-refractivity contribution < 1.29 is 0 Å². The van der Waals surface area contributed by atoms with Crippen LogP contribution in [0.1, 0.15) is 45.9 Å². The Kier molecular flexibility index (Phi) is 8.34. The molecule has 62 heavy (non-hydrogen) atoms. The van der Waals surface area contributed by atoms with Gasteiger partial charge >= 0.3 is 0 Å². The summed E-state index contributed by atoms with van der Waals surface area (Å²) in [5.74, 6) is 0. The molecule has 2 aliphatic carbocycles. The van der Waals surface area contributed by atoms with Gasteiger partial charge in [-0.15, -0.1) is 0 Å². The number of hydrogen-bond acceptors (Lipinski definition) is 0. The SMILES string of the molecule is Cc1cc(C)cc(-c2c3c(c(-c4cc(C)cc(C)c4)c4cc(C5(C)c6cc(Br)ccc6-c6ccc(Br)cc65)ccc24)-c2ccc(-c4ccc5ccccc5c4)c4cccc-3c24)c1. The number of rotatable bonds is 4. The molecule has 296 valence electrons. The third-order valence-corrected chi connectivity index (χ3v) is 14.9. The lowest BCUT2D eigenvalue weighted by Crippen LogP contribution is -2.22. The van der Waals surface area contributed by atoms with Gasteiger partial charge in [-0.1, -0.05) is 182 Å². The predicted octanol–water partition coefficient (Wildman–Crippen LogP) is 17.9. The normalized spacial score (nSPS) is 13.2. The third kappa shape index (κ3) is 5.49. The molecule has 0 heterocycles. The molecule has 0 radical (unpaired) electrons. The molecule has 0 unspecified atom stereocenters. The molecule has 0 nitrogen and oxygen atoms in total. The maximum atomic E-state index is 3.87. The molecule has 2 heteroatoms. The van der Waals surface area contributed by atoms with Gasteiger partial charge in [0.1, 0.15) is 0 Å². The first-order chi connectivity index (χ1) is 30.0. The summed E-state index contributed by atoms with van der Waals surface area (Å²) < 4.78 is 2.19. The molecule has 0 aromatic heterocycles. The highest BCUT2D eigenvalue weighted by atomic mass is 79.9. The number of hydrogen-bond donors (Lipinski definition) is 0. The molecule has 0 bridgehead atoms. The van der Waals surface area contributed by atoms with Crippen LogP contribution < -0.4 is 0 Å². The number of fused-ring (bicyclic) bond motifs is 8. The Balaban J connectivity index is 1.23. The van der Waals surface area contributed by atoms with Gasteiger partial charge < -0.3 is 0 Å². The first-order valence-corrected chi connectivity index (χ1v) is 23.1. The Morgan fingerprint density at radius 3 is 1.53 bits per heavy atom. The van der Waals surface area contributed by atoms with E-state index in [1.165, 1.54) is 138 Å². The zero-order chi connectivity index (χ0) is 42.2. The number of halogens is 2. The largest absolute Gasteiger partial charge is 0.0616 e. The van der Waals surface area contributed by atoms with Crippen LogP contribution in [0.5, 0.6) is 0 Å². The van der Waals surface area contributed by atoms with E-state index < -0.39 is 5.41 Å². The second-order valence-electron chi connectivity index (χ2n) is 18.0. The minimum absolute atomic E-state index is 0.400. The third-order valence-electron chi connectivity index (χ3n) is 13.9. The molecule has 0 N–H and O–H groups in total. The monoisotopic (exact) mass is 920 g/mol. The summed E-state index contributed by atoms with van der Waals surface area (Å²) in [5.41, 5.74) is 24.1. The average molecular weight is 923 g/mol. The van der Waals surface area contributed by atoms with Gasteiger partial charge in [0.25, 0.3) is 0 Å². The summed E-state index contributed by atoms with van der Waals surface area (Å²) in [5, 5.41) is 7.69. The van der Waals surface area contributed by atoms with Crippen LogP contribution in [0.25, 0.3) is 99.1 Å². The fraction of sp³-hybridized carbons (Fsp3) is 0.100. The molecular weight excluding hydrogens is 880 g/mol. The van der Waals surface area contributed by atoms with Crippen LogP contribution in [0.2, 0.25) is 0 Å². The lowest BCUT2D eigenvalue weighted by Gasteiger charge is -2.30. The highest BCUT2D eigenvalue weighted by Gasteiger charge is 2.42. The van der Waals surface area contributed by atoms with Crippen molar-refractivity contribution in [2.24, 2.45) is 0 Å². The van der Waals surface area contributed by atoms with Gasteiger partial charge in [0, 0.05) is 14.4 Å². The highest BCUT2D eigenvalue weighted by Crippen LogP contribution is 2.60. The van der Waals surface area contributed by atoms with Crippen LogP contribution in [-0.4, -0.2) is 0 Å². The van der Waals surface area contributed by atoms with Gasteiger partial charge in [-0.25, -0.2) is 0 Å². The summed E-state index contributed by atoms with van der Waals surface area (Å²) in [4.78, 5) is 0. The summed E-state index contributed by atoms with van der Waals surface area (Å²) in [6.45, 7) is 11.4. The summed E-state index contributed by atoms with van der Waals surface area (Å²) in [6.07, 6.45) is 0. The summed E-state index contributed by atoms with van der Waals surface area (Å²) >= 11 is 7.75. The molecule has 0 spiro atoms. The molecule has 10 aromatic rings. The van der Waals surface area contributed by atoms with E-state index in [9.17, 15) is 0 Å². The topological polar surface area (TPSA) is 0 Å². The fourth-order valence-electron chi connectivity index (χ4n) is 11.4. The van der Waals surface area contributed by atoms with Gasteiger partial charge in [-0.3, -0.25) is 0 Å². The van der Waals surface area contributed by atoms with Crippen LogP contribution >= 0.6 is 31.9 Å². The van der Waals surface area contributed by atoms with E-state index in [4.69, 9.17) is 0 Å². The van der Waals surface area contributed by atoms with E-state index in [2.05, 4.69) is 230 Å². The van der Waals surface area contributed by atoms with E-state index >= 15 is 0 Å². The Morgan fingerprint density at radius 1 is 0.355 bits per heavy atom. The first-order valence-electron chi connectivity index (χ1n) is 21.5. The Morgan fingerprint density at radius 2 is 0.903 bits per heavy atom. The molecule has 0 atom stereocenters. The zero-order valence-corrected chi connectivity index (χ0v) is 38.5. The standard InChI is InChI=1S/C60H42Br2/c1-33-23-34(2)26-40(25-33)55-49-18-15-42(60(5)53-31-43(61)16-19-46(53)47-20-17-44(62)32-54(47)60)30-52(49)56(41-27-35(3)24-36(4)28-41)59-51-22-21-45(48-11-8-12-50(57(48)51)58(55)59)39-14-13-37-9-6-7-10-38(37)29-39/h6-32H,1-5H3. The second kappa shape index (κ2) is 13.7. The summed E-state index contributed by atoms with van der Waals surface area (Å²) in [7, 11) is 0. The van der Waals surface area contributed by atoms with Crippen molar-refractivity contribution in [1.29, 1.82) is 0 Å². The van der Waals surface area contributed by atoms with Crippen molar-refractivity contribution in [3.8, 4) is 66.8 Å². The van der Waals surface area contributed by atoms with Crippen LogP contribution in [0, 0.1) is 27.7 Å². The maximum Gasteiger partial charge on any atom is 0.0436 e. The van der Waals surface area contributed by atoms with E-state index in [-0.39, 0.29) is 0 Å². The lowest BCUT2D eigenvalue weighted by molar-refractivity contribution is 0.714. The van der Waals surface area contributed by atoms with Crippen molar-refractivity contribution in [2.45, 2.75) is 40.0 Å². The van der Waals surface area contributed by atoms with Crippen LogP contribution in [0.4, 0.5) is 0 Å². The van der Waals surface area contributed by atoms with Gasteiger partial charge in [-0.2, -0.15) is 0 Å².